The summed E-state index contributed by atoms with van der Waals surface area (Å²) in [5, 5.41) is 7.64. The Morgan fingerprint density at radius 3 is 2.48 bits per heavy atom. The van der Waals surface area contributed by atoms with E-state index in [1.165, 1.54) is 51.4 Å². The van der Waals surface area contributed by atoms with E-state index in [1.54, 1.807) is 11.8 Å². The molecule has 1 aromatic heterocycles. The zero-order chi connectivity index (χ0) is 18.9. The Bertz CT molecular complexity index is 595. The topological polar surface area (TPSA) is 54.0 Å². The van der Waals surface area contributed by atoms with Crippen LogP contribution in [0, 0.1) is 5.92 Å². The van der Waals surface area contributed by atoms with Gasteiger partial charge in [0.15, 0.2) is 0 Å². The number of rotatable bonds is 8. The quantitative estimate of drug-likeness (QED) is 0.565. The van der Waals surface area contributed by atoms with E-state index in [0.29, 0.717) is 6.04 Å². The summed E-state index contributed by atoms with van der Waals surface area (Å²) in [6.07, 6.45) is 13.8. The minimum Gasteiger partial charge on any atom is -0.370 e. The van der Waals surface area contributed by atoms with E-state index in [2.05, 4.69) is 17.6 Å². The van der Waals surface area contributed by atoms with Crippen LogP contribution in [0.1, 0.15) is 87.9 Å². The smallest absolute Gasteiger partial charge is 0.254 e. The number of hydrogen-bond donors (Lipinski definition) is 2. The van der Waals surface area contributed by atoms with Gasteiger partial charge in [0.1, 0.15) is 10.8 Å². The number of amides is 1. The van der Waals surface area contributed by atoms with Crippen LogP contribution in [0.4, 0.5) is 5.82 Å². The first-order valence-electron chi connectivity index (χ1n) is 10.9. The van der Waals surface area contributed by atoms with Gasteiger partial charge in [0, 0.05) is 12.6 Å². The number of hydrogen-bond acceptors (Lipinski definition) is 4. The van der Waals surface area contributed by atoms with Crippen molar-refractivity contribution in [1.82, 2.24) is 10.3 Å². The Morgan fingerprint density at radius 2 is 1.78 bits per heavy atom. The van der Waals surface area contributed by atoms with Gasteiger partial charge in [-0.15, -0.1) is 11.8 Å². The molecule has 0 atom stereocenters. The molecule has 5 heteroatoms. The lowest BCUT2D eigenvalue weighted by atomic mass is 9.89. The summed E-state index contributed by atoms with van der Waals surface area (Å²) in [6, 6.07) is 4.28. The zero-order valence-electron chi connectivity index (χ0n) is 16.8. The first-order chi connectivity index (χ1) is 13.3. The molecule has 0 saturated heterocycles. The molecule has 1 heterocycles. The monoisotopic (exact) mass is 389 g/mol. The van der Waals surface area contributed by atoms with Gasteiger partial charge in [-0.05, 0) is 55.9 Å². The van der Waals surface area contributed by atoms with Gasteiger partial charge in [-0.1, -0.05) is 45.4 Å². The highest BCUT2D eigenvalue weighted by molar-refractivity contribution is 7.99. The molecule has 0 aliphatic heterocycles. The van der Waals surface area contributed by atoms with Crippen molar-refractivity contribution in [2.75, 3.05) is 17.6 Å². The van der Waals surface area contributed by atoms with Gasteiger partial charge in [0.2, 0.25) is 0 Å². The maximum atomic E-state index is 12.8. The van der Waals surface area contributed by atoms with Crippen molar-refractivity contribution in [3.05, 3.63) is 17.7 Å². The van der Waals surface area contributed by atoms with E-state index in [1.807, 2.05) is 12.1 Å². The molecular formula is C22H35N3OS. The molecular weight excluding hydrogens is 354 g/mol. The molecule has 27 heavy (non-hydrogen) atoms. The van der Waals surface area contributed by atoms with E-state index in [-0.39, 0.29) is 5.91 Å². The molecule has 0 bridgehead atoms. The molecule has 0 spiro atoms. The average molecular weight is 390 g/mol. The SMILES string of the molecule is CCCSc1nc(NCC2CCCCC2)ccc1C(=O)NC1CCCCC1. The van der Waals surface area contributed by atoms with Crippen molar-refractivity contribution < 1.29 is 4.79 Å². The first-order valence-corrected chi connectivity index (χ1v) is 11.9. The number of nitrogens with zero attached hydrogens (tertiary/aromatic N) is 1. The van der Waals surface area contributed by atoms with Crippen LogP contribution < -0.4 is 10.6 Å². The standard InChI is InChI=1S/C22H35N3OS/c1-2-15-27-22-19(21(26)24-18-11-7-4-8-12-18)13-14-20(25-22)23-16-17-9-5-3-6-10-17/h13-14,17-18H,2-12,15-16H2,1H3,(H,23,25)(H,24,26). The lowest BCUT2D eigenvalue weighted by molar-refractivity contribution is 0.0924. The van der Waals surface area contributed by atoms with E-state index in [4.69, 9.17) is 4.98 Å². The minimum atomic E-state index is 0.0480. The first kappa shape index (κ1) is 20.5. The molecule has 2 saturated carbocycles. The molecule has 2 aliphatic rings. The normalized spacial score (nSPS) is 19.0. The fourth-order valence-corrected chi connectivity index (χ4v) is 5.05. The van der Waals surface area contributed by atoms with Gasteiger partial charge in [-0.3, -0.25) is 4.79 Å². The van der Waals surface area contributed by atoms with Crippen LogP contribution in [-0.4, -0.2) is 29.2 Å². The fraction of sp³-hybridized carbons (Fsp3) is 0.727. The summed E-state index contributed by atoms with van der Waals surface area (Å²) < 4.78 is 0. The summed E-state index contributed by atoms with van der Waals surface area (Å²) in [4.78, 5) is 17.6. The molecule has 2 N–H and O–H groups in total. The molecule has 150 valence electrons. The molecule has 1 aromatic rings. The maximum absolute atomic E-state index is 12.8. The molecule has 0 radical (unpaired) electrons. The van der Waals surface area contributed by atoms with E-state index < -0.39 is 0 Å². The van der Waals surface area contributed by atoms with Gasteiger partial charge in [-0.25, -0.2) is 4.98 Å². The van der Waals surface area contributed by atoms with Crippen LogP contribution >= 0.6 is 11.8 Å². The highest BCUT2D eigenvalue weighted by Crippen LogP contribution is 2.27. The third kappa shape index (κ3) is 6.41. The number of carbonyl (C=O) groups is 1. The minimum absolute atomic E-state index is 0.0480. The Balaban J connectivity index is 1.63. The Kier molecular flexibility index (Phi) is 8.31. The fourth-order valence-electron chi connectivity index (χ4n) is 4.17. The van der Waals surface area contributed by atoms with E-state index in [9.17, 15) is 4.79 Å². The Hall–Kier alpha value is -1.23. The summed E-state index contributed by atoms with van der Waals surface area (Å²) in [5.41, 5.74) is 0.738. The van der Waals surface area contributed by atoms with Crippen LogP contribution in [0.5, 0.6) is 0 Å². The number of anilines is 1. The second-order valence-electron chi connectivity index (χ2n) is 8.09. The van der Waals surface area contributed by atoms with Gasteiger partial charge >= 0.3 is 0 Å². The summed E-state index contributed by atoms with van der Waals surface area (Å²) in [7, 11) is 0. The highest BCUT2D eigenvalue weighted by Gasteiger charge is 2.20. The molecule has 0 aromatic carbocycles. The van der Waals surface area contributed by atoms with Crippen molar-refractivity contribution >= 4 is 23.5 Å². The predicted molar refractivity (Wildman–Crippen MR) is 115 cm³/mol. The molecule has 0 unspecified atom stereocenters. The molecule has 2 fully saturated rings. The number of pyridine rings is 1. The lowest BCUT2D eigenvalue weighted by Gasteiger charge is -2.23. The molecule has 2 aliphatic carbocycles. The van der Waals surface area contributed by atoms with E-state index in [0.717, 1.165) is 53.9 Å². The van der Waals surface area contributed by atoms with Crippen LogP contribution in [0.15, 0.2) is 17.2 Å². The third-order valence-electron chi connectivity index (χ3n) is 5.78. The summed E-state index contributed by atoms with van der Waals surface area (Å²) in [6.45, 7) is 3.17. The van der Waals surface area contributed by atoms with Gasteiger partial charge in [-0.2, -0.15) is 0 Å². The van der Waals surface area contributed by atoms with Crippen LogP contribution in [0.25, 0.3) is 0 Å². The number of carbonyl (C=O) groups excluding carboxylic acids is 1. The highest BCUT2D eigenvalue weighted by atomic mass is 32.2. The van der Waals surface area contributed by atoms with Crippen LogP contribution in [0.2, 0.25) is 0 Å². The van der Waals surface area contributed by atoms with Crippen molar-refractivity contribution in [2.24, 2.45) is 5.92 Å². The second-order valence-corrected chi connectivity index (χ2v) is 9.17. The van der Waals surface area contributed by atoms with Crippen molar-refractivity contribution in [2.45, 2.75) is 88.6 Å². The molecule has 4 nitrogen and oxygen atoms in total. The van der Waals surface area contributed by atoms with Gasteiger partial charge < -0.3 is 10.6 Å². The van der Waals surface area contributed by atoms with Gasteiger partial charge in [0.05, 0.1) is 5.56 Å². The number of aromatic nitrogens is 1. The van der Waals surface area contributed by atoms with E-state index >= 15 is 0 Å². The predicted octanol–water partition coefficient (Wildman–Crippen LogP) is 5.64. The van der Waals surface area contributed by atoms with Crippen molar-refractivity contribution in [1.29, 1.82) is 0 Å². The summed E-state index contributed by atoms with van der Waals surface area (Å²) in [5.74, 6) is 2.71. The Morgan fingerprint density at radius 1 is 1.07 bits per heavy atom. The number of thioether (sulfide) groups is 1. The largest absolute Gasteiger partial charge is 0.370 e. The summed E-state index contributed by atoms with van der Waals surface area (Å²) >= 11 is 1.70. The molecule has 3 rings (SSSR count). The van der Waals surface area contributed by atoms with Crippen molar-refractivity contribution in [3.8, 4) is 0 Å². The average Bonchev–Trinajstić information content (AvgIpc) is 2.72. The van der Waals surface area contributed by atoms with Gasteiger partial charge in [0.25, 0.3) is 5.91 Å². The Labute approximate surface area is 168 Å². The second kappa shape index (κ2) is 10.9. The lowest BCUT2D eigenvalue weighted by Crippen LogP contribution is -2.36. The van der Waals surface area contributed by atoms with Crippen molar-refractivity contribution in [3.63, 3.8) is 0 Å². The molecule has 1 amide bonds. The third-order valence-corrected chi connectivity index (χ3v) is 6.98. The van der Waals surface area contributed by atoms with Crippen LogP contribution in [0.3, 0.4) is 0 Å². The number of nitrogens with one attached hydrogen (secondary N) is 2. The zero-order valence-corrected chi connectivity index (χ0v) is 17.6. The maximum Gasteiger partial charge on any atom is 0.254 e. The van der Waals surface area contributed by atoms with Crippen LogP contribution in [-0.2, 0) is 0 Å².